The number of nitrogens with one attached hydrogen (secondary N) is 1. The predicted molar refractivity (Wildman–Crippen MR) is 98.3 cm³/mol. The minimum Gasteiger partial charge on any atom is -0.473 e. The lowest BCUT2D eigenvalue weighted by molar-refractivity contribution is -0.0924. The second kappa shape index (κ2) is 6.03. The fourth-order valence-corrected chi connectivity index (χ4v) is 4.05. The Hall–Kier alpha value is -1.62. The van der Waals surface area contributed by atoms with Gasteiger partial charge in [-0.1, -0.05) is 18.2 Å². The van der Waals surface area contributed by atoms with Crippen LogP contribution in [-0.4, -0.2) is 41.9 Å². The Morgan fingerprint density at radius 1 is 1.17 bits per heavy atom. The van der Waals surface area contributed by atoms with Crippen LogP contribution >= 0.6 is 0 Å². The highest BCUT2D eigenvalue weighted by Crippen LogP contribution is 2.36. The first-order chi connectivity index (χ1) is 11.2. The maximum absolute atomic E-state index is 9.77. The second-order valence-corrected chi connectivity index (χ2v) is 7.88. The van der Waals surface area contributed by atoms with Crippen LogP contribution in [0.15, 0.2) is 36.4 Å². The minimum atomic E-state index is -0.462. The standard InChI is InChI=1S/C20H28N2O2/c1-14(23)16-7-6-15-8-9-18(11-17(15)10-16)24-20(3)12-19(2,21-20)13-22(4)5/h6-11,14,21,23H,12-13H2,1-5H3/t14-,19?,20?/m1/s1. The van der Waals surface area contributed by atoms with Gasteiger partial charge in [0, 0.05) is 18.5 Å². The number of ether oxygens (including phenoxy) is 1. The Morgan fingerprint density at radius 2 is 1.83 bits per heavy atom. The monoisotopic (exact) mass is 328 g/mol. The molecule has 1 aliphatic heterocycles. The Kier molecular flexibility index (Phi) is 4.32. The summed E-state index contributed by atoms with van der Waals surface area (Å²) in [6.07, 6.45) is 0.501. The topological polar surface area (TPSA) is 44.7 Å². The van der Waals surface area contributed by atoms with Crippen molar-refractivity contribution in [1.29, 1.82) is 0 Å². The summed E-state index contributed by atoms with van der Waals surface area (Å²) in [6.45, 7) is 7.10. The molecule has 1 aliphatic rings. The van der Waals surface area contributed by atoms with Crippen molar-refractivity contribution in [1.82, 2.24) is 10.2 Å². The first kappa shape index (κ1) is 17.2. The average molecular weight is 328 g/mol. The molecule has 4 heteroatoms. The maximum atomic E-state index is 9.77. The van der Waals surface area contributed by atoms with E-state index in [1.54, 1.807) is 6.92 Å². The van der Waals surface area contributed by atoms with Crippen molar-refractivity contribution in [3.63, 3.8) is 0 Å². The Balaban J connectivity index is 1.76. The third-order valence-corrected chi connectivity index (χ3v) is 4.62. The van der Waals surface area contributed by atoms with Crippen LogP contribution in [0.3, 0.4) is 0 Å². The molecule has 3 atom stereocenters. The Morgan fingerprint density at radius 3 is 2.46 bits per heavy atom. The van der Waals surface area contributed by atoms with Crippen molar-refractivity contribution in [2.24, 2.45) is 0 Å². The number of hydrogen-bond donors (Lipinski definition) is 2. The van der Waals surface area contributed by atoms with Crippen LogP contribution in [0.5, 0.6) is 5.75 Å². The predicted octanol–water partition coefficient (Wildman–Crippen LogP) is 3.30. The van der Waals surface area contributed by atoms with Crippen LogP contribution in [0.1, 0.15) is 38.9 Å². The highest BCUT2D eigenvalue weighted by molar-refractivity contribution is 5.84. The molecule has 24 heavy (non-hydrogen) atoms. The van der Waals surface area contributed by atoms with E-state index in [-0.39, 0.29) is 11.3 Å². The SMILES string of the molecule is C[C@@H](O)c1ccc2ccc(OC3(C)CC(C)(CN(C)C)N3)cc2c1. The van der Waals surface area contributed by atoms with E-state index in [9.17, 15) is 5.11 Å². The number of nitrogens with zero attached hydrogens (tertiary/aromatic N) is 1. The van der Waals surface area contributed by atoms with Crippen molar-refractivity contribution < 1.29 is 9.84 Å². The summed E-state index contributed by atoms with van der Waals surface area (Å²) in [5, 5.41) is 15.6. The highest BCUT2D eigenvalue weighted by Gasteiger charge is 2.50. The fraction of sp³-hybridized carbons (Fsp3) is 0.500. The summed E-state index contributed by atoms with van der Waals surface area (Å²) < 4.78 is 6.23. The van der Waals surface area contributed by atoms with Crippen molar-refractivity contribution in [2.75, 3.05) is 20.6 Å². The third kappa shape index (κ3) is 3.56. The van der Waals surface area contributed by atoms with Gasteiger partial charge in [0.05, 0.1) is 6.10 Å². The molecule has 1 heterocycles. The number of fused-ring (bicyclic) bond motifs is 1. The van der Waals surface area contributed by atoms with Crippen molar-refractivity contribution >= 4 is 10.8 Å². The van der Waals surface area contributed by atoms with E-state index in [0.29, 0.717) is 0 Å². The van der Waals surface area contributed by atoms with E-state index < -0.39 is 6.10 Å². The van der Waals surface area contributed by atoms with Crippen molar-refractivity contribution in [3.05, 3.63) is 42.0 Å². The average Bonchev–Trinajstić information content (AvgIpc) is 2.43. The normalized spacial score (nSPS) is 28.0. The van der Waals surface area contributed by atoms with E-state index in [1.165, 1.54) is 0 Å². The smallest absolute Gasteiger partial charge is 0.160 e. The van der Waals surface area contributed by atoms with Gasteiger partial charge >= 0.3 is 0 Å². The van der Waals surface area contributed by atoms with E-state index >= 15 is 0 Å². The number of likely N-dealkylation sites (N-methyl/N-ethyl adjacent to an activating group) is 1. The molecule has 2 aromatic rings. The van der Waals surface area contributed by atoms with Gasteiger partial charge in [0.15, 0.2) is 5.72 Å². The zero-order valence-electron chi connectivity index (χ0n) is 15.3. The van der Waals surface area contributed by atoms with Gasteiger partial charge in [-0.15, -0.1) is 0 Å². The zero-order chi connectivity index (χ0) is 17.5. The Labute approximate surface area is 144 Å². The molecule has 0 amide bonds. The quantitative estimate of drug-likeness (QED) is 0.884. The van der Waals surface area contributed by atoms with Crippen molar-refractivity contribution in [2.45, 2.75) is 44.6 Å². The van der Waals surface area contributed by atoms with Crippen LogP contribution < -0.4 is 10.1 Å². The molecule has 1 saturated heterocycles. The van der Waals surface area contributed by atoms with Gasteiger partial charge in [-0.2, -0.15) is 0 Å². The summed E-state index contributed by atoms with van der Waals surface area (Å²) in [7, 11) is 4.18. The molecule has 0 aromatic heterocycles. The molecule has 2 unspecified atom stereocenters. The molecular formula is C20H28N2O2. The van der Waals surface area contributed by atoms with Gasteiger partial charge in [-0.25, -0.2) is 0 Å². The maximum Gasteiger partial charge on any atom is 0.160 e. The highest BCUT2D eigenvalue weighted by atomic mass is 16.5. The summed E-state index contributed by atoms with van der Waals surface area (Å²) in [4.78, 5) is 2.19. The fourth-order valence-electron chi connectivity index (χ4n) is 4.05. The lowest BCUT2D eigenvalue weighted by Crippen LogP contribution is -2.74. The van der Waals surface area contributed by atoms with E-state index in [2.05, 4.69) is 50.3 Å². The number of hydrogen-bond acceptors (Lipinski definition) is 4. The van der Waals surface area contributed by atoms with Crippen LogP contribution in [-0.2, 0) is 0 Å². The lowest BCUT2D eigenvalue weighted by Gasteiger charge is -2.54. The molecule has 0 aliphatic carbocycles. The van der Waals surface area contributed by atoms with Gasteiger partial charge in [-0.05, 0) is 69.4 Å². The lowest BCUT2D eigenvalue weighted by atomic mass is 9.80. The van der Waals surface area contributed by atoms with E-state index in [1.807, 2.05) is 24.3 Å². The molecule has 130 valence electrons. The third-order valence-electron chi connectivity index (χ3n) is 4.62. The molecule has 2 aromatic carbocycles. The van der Waals surface area contributed by atoms with Crippen LogP contribution in [0.25, 0.3) is 10.8 Å². The first-order valence-electron chi connectivity index (χ1n) is 8.53. The molecule has 4 nitrogen and oxygen atoms in total. The molecule has 0 radical (unpaired) electrons. The summed E-state index contributed by atoms with van der Waals surface area (Å²) in [5.41, 5.74) is 0.681. The van der Waals surface area contributed by atoms with Crippen LogP contribution in [0.4, 0.5) is 0 Å². The zero-order valence-corrected chi connectivity index (χ0v) is 15.3. The molecule has 0 saturated carbocycles. The molecule has 0 spiro atoms. The van der Waals surface area contributed by atoms with Gasteiger partial charge in [0.25, 0.3) is 0 Å². The van der Waals surface area contributed by atoms with Gasteiger partial charge in [0.1, 0.15) is 5.75 Å². The molecule has 0 bridgehead atoms. The minimum absolute atomic E-state index is 0.0919. The molecule has 3 rings (SSSR count). The van der Waals surface area contributed by atoms with Gasteiger partial charge in [0.2, 0.25) is 0 Å². The largest absolute Gasteiger partial charge is 0.473 e. The van der Waals surface area contributed by atoms with Gasteiger partial charge < -0.3 is 14.7 Å². The van der Waals surface area contributed by atoms with Crippen LogP contribution in [0, 0.1) is 0 Å². The van der Waals surface area contributed by atoms with E-state index in [4.69, 9.17) is 4.74 Å². The molecule has 2 N–H and O–H groups in total. The van der Waals surface area contributed by atoms with Crippen molar-refractivity contribution in [3.8, 4) is 5.75 Å². The number of benzene rings is 2. The van der Waals surface area contributed by atoms with E-state index in [0.717, 1.165) is 35.1 Å². The summed E-state index contributed by atoms with van der Waals surface area (Å²) in [6, 6.07) is 12.2. The first-order valence-corrected chi connectivity index (χ1v) is 8.53. The summed E-state index contributed by atoms with van der Waals surface area (Å²) >= 11 is 0. The Bertz CT molecular complexity index is 733. The number of rotatable bonds is 5. The molecule has 1 fully saturated rings. The number of aliphatic hydroxyl groups is 1. The molecular weight excluding hydrogens is 300 g/mol. The summed E-state index contributed by atoms with van der Waals surface area (Å²) in [5.74, 6) is 0.854. The second-order valence-electron chi connectivity index (χ2n) is 7.88. The van der Waals surface area contributed by atoms with Crippen LogP contribution in [0.2, 0.25) is 0 Å². The van der Waals surface area contributed by atoms with Gasteiger partial charge in [-0.3, -0.25) is 5.32 Å². The number of aliphatic hydroxyl groups excluding tert-OH is 1.